The maximum atomic E-state index is 5.51. The number of methoxy groups -OCH3 is 2. The monoisotopic (exact) mass is 387 g/mol. The molecule has 0 bridgehead atoms. The van der Waals surface area contributed by atoms with E-state index in [1.165, 1.54) is 0 Å². The number of hydrogen-bond donors (Lipinski definition) is 1. The first-order valence-corrected chi connectivity index (χ1v) is 9.89. The quantitative estimate of drug-likeness (QED) is 0.835. The number of fused-ring (bicyclic) bond motifs is 1. The number of ether oxygens (including phenoxy) is 3. The number of rotatable bonds is 5. The van der Waals surface area contributed by atoms with Gasteiger partial charge in [0.1, 0.15) is 5.82 Å². The Morgan fingerprint density at radius 3 is 2.36 bits per heavy atom. The molecule has 0 radical (unpaired) electrons. The van der Waals surface area contributed by atoms with Crippen LogP contribution in [0.15, 0.2) is 12.1 Å². The summed E-state index contributed by atoms with van der Waals surface area (Å²) < 4.78 is 16.5. The van der Waals surface area contributed by atoms with Gasteiger partial charge >= 0.3 is 0 Å². The molecule has 0 spiro atoms. The summed E-state index contributed by atoms with van der Waals surface area (Å²) in [6.07, 6.45) is 2.20. The van der Waals surface area contributed by atoms with Gasteiger partial charge in [0.2, 0.25) is 5.95 Å². The predicted octanol–water partition coefficient (Wildman–Crippen LogP) is 1.99. The molecule has 0 amide bonds. The third-order valence-electron chi connectivity index (χ3n) is 5.54. The van der Waals surface area contributed by atoms with Gasteiger partial charge in [-0.15, -0.1) is 0 Å². The molecule has 2 saturated heterocycles. The first-order valence-electron chi connectivity index (χ1n) is 9.89. The van der Waals surface area contributed by atoms with Crippen molar-refractivity contribution >= 4 is 22.7 Å². The smallest absolute Gasteiger partial charge is 0.228 e. The minimum Gasteiger partial charge on any atom is -0.493 e. The fourth-order valence-corrected chi connectivity index (χ4v) is 3.80. The molecule has 0 aliphatic carbocycles. The molecule has 152 valence electrons. The highest BCUT2D eigenvalue weighted by atomic mass is 16.5. The van der Waals surface area contributed by atoms with Gasteiger partial charge in [-0.3, -0.25) is 0 Å². The third kappa shape index (κ3) is 3.93. The second-order valence-electron chi connectivity index (χ2n) is 7.42. The molecule has 1 aromatic carbocycles. The van der Waals surface area contributed by atoms with Crippen LogP contribution in [0.2, 0.25) is 0 Å². The number of anilines is 2. The zero-order chi connectivity index (χ0) is 19.5. The largest absolute Gasteiger partial charge is 0.493 e. The number of benzene rings is 1. The summed E-state index contributed by atoms with van der Waals surface area (Å²) in [5.41, 5.74) is 0.851. The lowest BCUT2D eigenvalue weighted by molar-refractivity contribution is 0.122. The highest BCUT2D eigenvalue weighted by molar-refractivity contribution is 5.93. The average molecular weight is 387 g/mol. The maximum absolute atomic E-state index is 5.51. The van der Waals surface area contributed by atoms with Gasteiger partial charge in [-0.2, -0.15) is 4.98 Å². The Kier molecular flexibility index (Phi) is 5.68. The lowest BCUT2D eigenvalue weighted by Crippen LogP contribution is -2.38. The van der Waals surface area contributed by atoms with Crippen molar-refractivity contribution in [3.05, 3.63) is 12.1 Å². The van der Waals surface area contributed by atoms with Crippen LogP contribution >= 0.6 is 0 Å². The van der Waals surface area contributed by atoms with E-state index in [4.69, 9.17) is 24.2 Å². The summed E-state index contributed by atoms with van der Waals surface area (Å²) in [5, 5.41) is 4.63. The molecule has 0 atom stereocenters. The molecule has 3 heterocycles. The van der Waals surface area contributed by atoms with E-state index in [1.807, 2.05) is 12.1 Å². The van der Waals surface area contributed by atoms with Crippen molar-refractivity contribution in [3.63, 3.8) is 0 Å². The average Bonchev–Trinajstić information content (AvgIpc) is 2.74. The number of nitrogens with zero attached hydrogens (tertiary/aromatic N) is 4. The van der Waals surface area contributed by atoms with Crippen LogP contribution in [-0.2, 0) is 4.74 Å². The Labute approximate surface area is 165 Å². The van der Waals surface area contributed by atoms with Gasteiger partial charge in [-0.05, 0) is 39.0 Å². The van der Waals surface area contributed by atoms with Crippen LogP contribution < -0.4 is 19.7 Å². The maximum Gasteiger partial charge on any atom is 0.228 e. The van der Waals surface area contributed by atoms with Crippen molar-refractivity contribution in [1.82, 2.24) is 14.9 Å². The number of piperidine rings is 1. The van der Waals surface area contributed by atoms with E-state index < -0.39 is 0 Å². The Morgan fingerprint density at radius 1 is 1.00 bits per heavy atom. The molecule has 1 aromatic heterocycles. The Hall–Kier alpha value is -2.32. The van der Waals surface area contributed by atoms with E-state index in [0.717, 1.165) is 61.7 Å². The van der Waals surface area contributed by atoms with E-state index in [-0.39, 0.29) is 0 Å². The molecular weight excluding hydrogens is 358 g/mol. The van der Waals surface area contributed by atoms with Gasteiger partial charge in [-0.25, -0.2) is 4.98 Å². The molecule has 2 fully saturated rings. The summed E-state index contributed by atoms with van der Waals surface area (Å²) in [4.78, 5) is 14.3. The van der Waals surface area contributed by atoms with Gasteiger partial charge in [0.15, 0.2) is 11.5 Å². The number of morpholine rings is 1. The van der Waals surface area contributed by atoms with Gasteiger partial charge in [0.25, 0.3) is 0 Å². The molecule has 2 aliphatic rings. The lowest BCUT2D eigenvalue weighted by atomic mass is 10.1. The van der Waals surface area contributed by atoms with E-state index >= 15 is 0 Å². The van der Waals surface area contributed by atoms with Crippen LogP contribution in [0.25, 0.3) is 10.9 Å². The van der Waals surface area contributed by atoms with E-state index in [0.29, 0.717) is 30.8 Å². The SMILES string of the molecule is COc1cc2nc(N3CCOCC3)nc(NC3CCN(C)CC3)c2cc1OC. The zero-order valence-electron chi connectivity index (χ0n) is 16.9. The van der Waals surface area contributed by atoms with E-state index in [9.17, 15) is 0 Å². The van der Waals surface area contributed by atoms with E-state index in [1.54, 1.807) is 14.2 Å². The second-order valence-corrected chi connectivity index (χ2v) is 7.42. The number of hydrogen-bond acceptors (Lipinski definition) is 8. The predicted molar refractivity (Wildman–Crippen MR) is 110 cm³/mol. The zero-order valence-corrected chi connectivity index (χ0v) is 16.9. The van der Waals surface area contributed by atoms with Crippen LogP contribution in [0.5, 0.6) is 11.5 Å². The normalized spacial score (nSPS) is 19.0. The number of nitrogens with one attached hydrogen (secondary N) is 1. The summed E-state index contributed by atoms with van der Waals surface area (Å²) in [6.45, 7) is 5.18. The van der Waals surface area contributed by atoms with Crippen LogP contribution in [0, 0.1) is 0 Å². The molecule has 0 saturated carbocycles. The summed E-state index contributed by atoms with van der Waals surface area (Å²) in [6, 6.07) is 4.30. The van der Waals surface area contributed by atoms with Crippen molar-refractivity contribution in [3.8, 4) is 11.5 Å². The molecule has 4 rings (SSSR count). The molecule has 1 N–H and O–H groups in total. The molecule has 8 nitrogen and oxygen atoms in total. The number of likely N-dealkylation sites (tertiary alicyclic amines) is 1. The highest BCUT2D eigenvalue weighted by Crippen LogP contribution is 2.35. The lowest BCUT2D eigenvalue weighted by Gasteiger charge is -2.31. The minimum absolute atomic E-state index is 0.403. The van der Waals surface area contributed by atoms with Crippen LogP contribution in [-0.4, -0.2) is 81.6 Å². The second kappa shape index (κ2) is 8.36. The molecule has 0 unspecified atom stereocenters. The van der Waals surface area contributed by atoms with Crippen LogP contribution in [0.4, 0.5) is 11.8 Å². The molecular formula is C20H29N5O3. The molecule has 2 aromatic rings. The van der Waals surface area contributed by atoms with Crippen molar-refractivity contribution in [2.75, 3.05) is 70.9 Å². The standard InChI is InChI=1S/C20H29N5O3/c1-24-6-4-14(5-7-24)21-19-15-12-17(26-2)18(27-3)13-16(15)22-20(23-19)25-8-10-28-11-9-25/h12-14H,4-11H2,1-3H3,(H,21,22,23). The van der Waals surface area contributed by atoms with Crippen LogP contribution in [0.3, 0.4) is 0 Å². The van der Waals surface area contributed by atoms with Gasteiger partial charge in [0, 0.05) is 30.6 Å². The Balaban J connectivity index is 1.74. The fourth-order valence-electron chi connectivity index (χ4n) is 3.80. The first-order chi connectivity index (χ1) is 13.7. The molecule has 8 heteroatoms. The third-order valence-corrected chi connectivity index (χ3v) is 5.54. The topological polar surface area (TPSA) is 72.0 Å². The first kappa shape index (κ1) is 19.0. The molecule has 28 heavy (non-hydrogen) atoms. The van der Waals surface area contributed by atoms with Crippen molar-refractivity contribution < 1.29 is 14.2 Å². The van der Waals surface area contributed by atoms with E-state index in [2.05, 4.69) is 22.2 Å². The highest BCUT2D eigenvalue weighted by Gasteiger charge is 2.22. The van der Waals surface area contributed by atoms with Crippen molar-refractivity contribution in [1.29, 1.82) is 0 Å². The summed E-state index contributed by atoms with van der Waals surface area (Å²) in [7, 11) is 5.46. The minimum atomic E-state index is 0.403. The Bertz CT molecular complexity index is 817. The van der Waals surface area contributed by atoms with Gasteiger partial charge in [-0.1, -0.05) is 0 Å². The van der Waals surface area contributed by atoms with Crippen molar-refractivity contribution in [2.24, 2.45) is 0 Å². The van der Waals surface area contributed by atoms with Gasteiger partial charge in [0.05, 0.1) is 33.0 Å². The van der Waals surface area contributed by atoms with Crippen molar-refractivity contribution in [2.45, 2.75) is 18.9 Å². The summed E-state index contributed by atoms with van der Waals surface area (Å²) in [5.74, 6) is 2.96. The molecule has 2 aliphatic heterocycles. The van der Waals surface area contributed by atoms with Crippen LogP contribution in [0.1, 0.15) is 12.8 Å². The summed E-state index contributed by atoms with van der Waals surface area (Å²) >= 11 is 0. The Morgan fingerprint density at radius 2 is 1.68 bits per heavy atom. The van der Waals surface area contributed by atoms with Gasteiger partial charge < -0.3 is 29.3 Å². The number of aromatic nitrogens is 2. The fraction of sp³-hybridized carbons (Fsp3) is 0.600.